The zero-order valence-electron chi connectivity index (χ0n) is 16.6. The molecule has 2 aromatic rings. The van der Waals surface area contributed by atoms with E-state index in [-0.39, 0.29) is 17.7 Å². The molecule has 7 nitrogen and oxygen atoms in total. The first-order chi connectivity index (χ1) is 14.4. The summed E-state index contributed by atoms with van der Waals surface area (Å²) in [5.74, 6) is -0.784. The van der Waals surface area contributed by atoms with Crippen LogP contribution < -0.4 is 9.47 Å². The minimum absolute atomic E-state index is 0.217. The maximum absolute atomic E-state index is 12.7. The van der Waals surface area contributed by atoms with Gasteiger partial charge in [-0.15, -0.1) is 0 Å². The number of rotatable bonds is 8. The first-order valence-corrected chi connectivity index (χ1v) is 10.1. The Kier molecular flexibility index (Phi) is 6.79. The van der Waals surface area contributed by atoms with Crippen LogP contribution in [0.1, 0.15) is 23.6 Å². The van der Waals surface area contributed by atoms with Gasteiger partial charge in [-0.05, 0) is 54.9 Å². The summed E-state index contributed by atoms with van der Waals surface area (Å²) in [6, 6.07) is 12.6. The fraction of sp³-hybridized carbons (Fsp3) is 0.227. The molecule has 8 heteroatoms. The van der Waals surface area contributed by atoms with Crippen LogP contribution in [0.5, 0.6) is 11.5 Å². The van der Waals surface area contributed by atoms with Gasteiger partial charge in [-0.3, -0.25) is 14.5 Å². The van der Waals surface area contributed by atoms with Gasteiger partial charge in [0.05, 0.1) is 18.1 Å². The highest BCUT2D eigenvalue weighted by molar-refractivity contribution is 8.18. The van der Waals surface area contributed by atoms with Crippen molar-refractivity contribution < 1.29 is 29.0 Å². The van der Waals surface area contributed by atoms with Crippen molar-refractivity contribution in [3.05, 3.63) is 64.1 Å². The van der Waals surface area contributed by atoms with Crippen molar-refractivity contribution in [3.63, 3.8) is 0 Å². The lowest BCUT2D eigenvalue weighted by atomic mass is 10.1. The van der Waals surface area contributed by atoms with Gasteiger partial charge in [0.2, 0.25) is 0 Å². The topological polar surface area (TPSA) is 93.1 Å². The van der Waals surface area contributed by atoms with E-state index in [1.54, 1.807) is 31.2 Å². The first kappa shape index (κ1) is 21.4. The van der Waals surface area contributed by atoms with Gasteiger partial charge in [-0.1, -0.05) is 35.9 Å². The van der Waals surface area contributed by atoms with E-state index < -0.39 is 12.6 Å². The molecule has 0 aromatic heterocycles. The largest absolute Gasteiger partial charge is 0.490 e. The van der Waals surface area contributed by atoms with E-state index in [1.165, 1.54) is 4.90 Å². The van der Waals surface area contributed by atoms with E-state index in [2.05, 4.69) is 0 Å². The summed E-state index contributed by atoms with van der Waals surface area (Å²) in [5, 5.41) is 8.46. The molecule has 0 spiro atoms. The van der Waals surface area contributed by atoms with Gasteiger partial charge in [-0.2, -0.15) is 0 Å². The number of hydrogen-bond donors (Lipinski definition) is 1. The van der Waals surface area contributed by atoms with E-state index in [0.717, 1.165) is 22.9 Å². The average molecular weight is 427 g/mol. The Labute approximate surface area is 178 Å². The number of benzene rings is 2. The monoisotopic (exact) mass is 427 g/mol. The number of hydrogen-bond acceptors (Lipinski definition) is 6. The summed E-state index contributed by atoms with van der Waals surface area (Å²) < 4.78 is 10.7. The molecule has 1 N–H and O–H groups in total. The second-order valence-corrected chi connectivity index (χ2v) is 7.57. The van der Waals surface area contributed by atoms with Gasteiger partial charge < -0.3 is 14.6 Å². The van der Waals surface area contributed by atoms with E-state index in [4.69, 9.17) is 14.6 Å². The van der Waals surface area contributed by atoms with Crippen molar-refractivity contribution in [2.45, 2.75) is 20.4 Å². The molecule has 1 aliphatic heterocycles. The molecule has 30 heavy (non-hydrogen) atoms. The fourth-order valence-electron chi connectivity index (χ4n) is 2.81. The molecule has 156 valence electrons. The summed E-state index contributed by atoms with van der Waals surface area (Å²) in [6.45, 7) is 3.86. The van der Waals surface area contributed by atoms with E-state index in [9.17, 15) is 14.4 Å². The van der Waals surface area contributed by atoms with Gasteiger partial charge >= 0.3 is 5.97 Å². The standard InChI is InChI=1S/C22H21NO6S/c1-3-28-18-10-16(8-9-17(18)29-13-20(24)25)11-19-21(26)23(22(27)30-19)12-15-6-4-14(2)5-7-15/h4-11H,3,12-13H2,1-2H3,(H,24,25). The van der Waals surface area contributed by atoms with Gasteiger partial charge in [0.15, 0.2) is 18.1 Å². The summed E-state index contributed by atoms with van der Waals surface area (Å²) >= 11 is 0.885. The van der Waals surface area contributed by atoms with E-state index >= 15 is 0 Å². The summed E-state index contributed by atoms with van der Waals surface area (Å²) in [7, 11) is 0. The number of ether oxygens (including phenoxy) is 2. The molecule has 0 saturated carbocycles. The third kappa shape index (κ3) is 5.21. The number of carboxylic acids is 1. The molecule has 0 unspecified atom stereocenters. The lowest BCUT2D eigenvalue weighted by Crippen LogP contribution is -2.27. The van der Waals surface area contributed by atoms with Crippen LogP contribution in [0.15, 0.2) is 47.4 Å². The van der Waals surface area contributed by atoms with Crippen molar-refractivity contribution in [3.8, 4) is 11.5 Å². The van der Waals surface area contributed by atoms with Crippen LogP contribution in [0.3, 0.4) is 0 Å². The molecular weight excluding hydrogens is 406 g/mol. The molecule has 1 saturated heterocycles. The predicted molar refractivity (Wildman–Crippen MR) is 113 cm³/mol. The zero-order chi connectivity index (χ0) is 21.7. The van der Waals surface area contributed by atoms with Crippen LogP contribution in [-0.4, -0.2) is 40.3 Å². The maximum Gasteiger partial charge on any atom is 0.341 e. The molecule has 0 bridgehead atoms. The Bertz CT molecular complexity index is 999. The summed E-state index contributed by atoms with van der Waals surface area (Å²) in [4.78, 5) is 37.4. The third-order valence-corrected chi connectivity index (χ3v) is 5.16. The zero-order valence-corrected chi connectivity index (χ0v) is 17.4. The number of nitrogens with zero attached hydrogens (tertiary/aromatic N) is 1. The predicted octanol–water partition coefficient (Wildman–Crippen LogP) is 4.09. The number of thioether (sulfide) groups is 1. The molecule has 2 amide bonds. The molecule has 0 radical (unpaired) electrons. The Hall–Kier alpha value is -3.26. The van der Waals surface area contributed by atoms with Crippen LogP contribution in [0.4, 0.5) is 4.79 Å². The van der Waals surface area contributed by atoms with Crippen molar-refractivity contribution >= 4 is 35.0 Å². The number of carbonyl (C=O) groups is 3. The third-order valence-electron chi connectivity index (χ3n) is 4.25. The number of carboxylic acid groups (broad SMARTS) is 1. The Morgan fingerprint density at radius 3 is 2.50 bits per heavy atom. The van der Waals surface area contributed by atoms with E-state index in [0.29, 0.717) is 28.6 Å². The smallest absolute Gasteiger partial charge is 0.341 e. The number of aliphatic carboxylic acids is 1. The van der Waals surface area contributed by atoms with Crippen molar-refractivity contribution in [2.75, 3.05) is 13.2 Å². The fourth-order valence-corrected chi connectivity index (χ4v) is 3.64. The first-order valence-electron chi connectivity index (χ1n) is 9.29. The summed E-state index contributed by atoms with van der Waals surface area (Å²) in [5.41, 5.74) is 2.62. The Morgan fingerprint density at radius 1 is 1.10 bits per heavy atom. The molecule has 0 atom stereocenters. The van der Waals surface area contributed by atoms with Gasteiger partial charge in [0, 0.05) is 0 Å². The number of aryl methyl sites for hydroxylation is 1. The maximum atomic E-state index is 12.7. The minimum Gasteiger partial charge on any atom is -0.490 e. The highest BCUT2D eigenvalue weighted by Gasteiger charge is 2.35. The lowest BCUT2D eigenvalue weighted by molar-refractivity contribution is -0.139. The normalized spacial score (nSPS) is 15.0. The van der Waals surface area contributed by atoms with Gasteiger partial charge in [-0.25, -0.2) is 4.79 Å². The Balaban J connectivity index is 1.79. The van der Waals surface area contributed by atoms with Crippen LogP contribution >= 0.6 is 11.8 Å². The SMILES string of the molecule is CCOc1cc(C=C2SC(=O)N(Cc3ccc(C)cc3)C2=O)ccc1OCC(=O)O. The molecule has 1 aliphatic rings. The van der Waals surface area contributed by atoms with Crippen LogP contribution in [-0.2, 0) is 16.1 Å². The van der Waals surface area contributed by atoms with Crippen LogP contribution in [0.25, 0.3) is 6.08 Å². The van der Waals surface area contributed by atoms with Gasteiger partial charge in [0.25, 0.3) is 11.1 Å². The second kappa shape index (κ2) is 9.49. The van der Waals surface area contributed by atoms with Crippen molar-refractivity contribution in [2.24, 2.45) is 0 Å². The molecule has 0 aliphatic carbocycles. The van der Waals surface area contributed by atoms with Crippen LogP contribution in [0.2, 0.25) is 0 Å². The molecule has 2 aromatic carbocycles. The number of amides is 2. The van der Waals surface area contributed by atoms with E-state index in [1.807, 2.05) is 31.2 Å². The lowest BCUT2D eigenvalue weighted by Gasteiger charge is -2.13. The molecule has 3 rings (SSSR count). The number of imide groups is 1. The van der Waals surface area contributed by atoms with Crippen LogP contribution in [0, 0.1) is 6.92 Å². The molecule has 1 heterocycles. The molecular formula is C22H21NO6S. The highest BCUT2D eigenvalue weighted by atomic mass is 32.2. The quantitative estimate of drug-likeness (QED) is 0.634. The highest BCUT2D eigenvalue weighted by Crippen LogP contribution is 2.35. The minimum atomic E-state index is -1.09. The Morgan fingerprint density at radius 2 is 1.83 bits per heavy atom. The average Bonchev–Trinajstić information content (AvgIpc) is 2.96. The molecule has 1 fully saturated rings. The van der Waals surface area contributed by atoms with Crippen molar-refractivity contribution in [1.82, 2.24) is 4.90 Å². The number of carbonyl (C=O) groups excluding carboxylic acids is 2. The van der Waals surface area contributed by atoms with Crippen molar-refractivity contribution in [1.29, 1.82) is 0 Å². The second-order valence-electron chi connectivity index (χ2n) is 6.58. The van der Waals surface area contributed by atoms with Gasteiger partial charge in [0.1, 0.15) is 0 Å². The summed E-state index contributed by atoms with van der Waals surface area (Å²) in [6.07, 6.45) is 1.61.